The van der Waals surface area contributed by atoms with Crippen molar-refractivity contribution in [3.05, 3.63) is 121 Å². The molecule has 0 bridgehead atoms. The molecule has 0 N–H and O–H groups in total. The second-order valence-corrected chi connectivity index (χ2v) is 12.3. The van der Waals surface area contributed by atoms with Crippen LogP contribution < -0.4 is 21.2 Å². The minimum atomic E-state index is -3.12. The molecule has 0 aromatic heterocycles. The quantitative estimate of drug-likeness (QED) is 0.464. The first-order valence-corrected chi connectivity index (χ1v) is 11.8. The summed E-state index contributed by atoms with van der Waals surface area (Å²) >= 11 is 0. The molecule has 0 heterocycles. The van der Waals surface area contributed by atoms with Gasteiger partial charge in [0.1, 0.15) is 0 Å². The second-order valence-electron chi connectivity index (χ2n) is 7.26. The van der Waals surface area contributed by atoms with Crippen molar-refractivity contribution in [2.75, 3.05) is 14.1 Å². The third-order valence-electron chi connectivity index (χ3n) is 5.84. The van der Waals surface area contributed by atoms with E-state index in [1.807, 2.05) is 0 Å². The second kappa shape index (κ2) is 7.36. The number of hydrogen-bond donors (Lipinski definition) is 0. The molecular formula is C26H26NP. The van der Waals surface area contributed by atoms with Crippen LogP contribution in [0.3, 0.4) is 0 Å². The first-order valence-electron chi connectivity index (χ1n) is 9.63. The van der Waals surface area contributed by atoms with Crippen LogP contribution in [0.2, 0.25) is 0 Å². The predicted octanol–water partition coefficient (Wildman–Crippen LogP) is 4.32. The molecule has 0 saturated heterocycles. The zero-order chi connectivity index (χ0) is 19.5. The van der Waals surface area contributed by atoms with Gasteiger partial charge in [0.2, 0.25) is 0 Å². The Balaban J connectivity index is 2.32. The summed E-state index contributed by atoms with van der Waals surface area (Å²) in [6.07, 6.45) is 0. The molecular weight excluding hydrogens is 357 g/mol. The molecule has 4 aromatic carbocycles. The molecule has 0 saturated carbocycles. The van der Waals surface area contributed by atoms with Crippen molar-refractivity contribution >= 4 is 28.0 Å². The van der Waals surface area contributed by atoms with Crippen LogP contribution in [0.1, 0.15) is 0 Å². The molecule has 28 heavy (non-hydrogen) atoms. The molecule has 0 aliphatic rings. The summed E-state index contributed by atoms with van der Waals surface area (Å²) in [5, 5.41) is 5.40. The van der Waals surface area contributed by atoms with Crippen LogP contribution in [-0.2, 0) is 0 Å². The van der Waals surface area contributed by atoms with E-state index in [-0.39, 0.29) is 0 Å². The van der Waals surface area contributed by atoms with Gasteiger partial charge in [-0.05, 0) is 0 Å². The van der Waals surface area contributed by atoms with Gasteiger partial charge in [-0.2, -0.15) is 0 Å². The van der Waals surface area contributed by atoms with Crippen molar-refractivity contribution in [3.8, 4) is 0 Å². The van der Waals surface area contributed by atoms with Gasteiger partial charge in [-0.15, -0.1) is 0 Å². The average molecular weight is 383 g/mol. The number of nitrogens with zero attached hydrogens (tertiary/aromatic N) is 1. The molecule has 0 radical (unpaired) electrons. The summed E-state index contributed by atoms with van der Waals surface area (Å²) < 4.78 is 2.49. The van der Waals surface area contributed by atoms with Crippen molar-refractivity contribution in [1.82, 2.24) is 4.67 Å². The van der Waals surface area contributed by atoms with Crippen molar-refractivity contribution in [3.63, 3.8) is 0 Å². The van der Waals surface area contributed by atoms with E-state index in [0.29, 0.717) is 0 Å². The fourth-order valence-corrected chi connectivity index (χ4v) is 11.3. The molecule has 0 unspecified atom stereocenters. The molecule has 0 atom stereocenters. The van der Waals surface area contributed by atoms with Crippen LogP contribution in [-0.4, -0.2) is 18.8 Å². The number of rotatable bonds is 5. The van der Waals surface area contributed by atoms with E-state index in [1.54, 1.807) is 0 Å². The van der Waals surface area contributed by atoms with Gasteiger partial charge in [-0.1, -0.05) is 0 Å². The standard InChI is InChI=1S/C26H26NP/c1-27(2)28(23-15-7-3-8-16-23,24-17-9-4-10-18-24,25-19-11-5-12-20-25)26-21-13-6-14-22-26/h3-22H,1-2H3. The normalized spacial score (nSPS) is 13.0. The SMILES string of the molecule is CN(C)P(c1ccccc1)(c1ccccc1)(c1ccccc1)c1ccccc1. The fourth-order valence-electron chi connectivity index (χ4n) is 4.69. The van der Waals surface area contributed by atoms with E-state index < -0.39 is 6.75 Å². The van der Waals surface area contributed by atoms with E-state index in [1.165, 1.54) is 21.2 Å². The van der Waals surface area contributed by atoms with Gasteiger partial charge in [0, 0.05) is 0 Å². The third kappa shape index (κ3) is 2.41. The zero-order valence-corrected chi connectivity index (χ0v) is 17.3. The van der Waals surface area contributed by atoms with Crippen LogP contribution in [0.4, 0.5) is 0 Å². The average Bonchev–Trinajstić information content (AvgIpc) is 2.78. The van der Waals surface area contributed by atoms with Gasteiger partial charge in [0.15, 0.2) is 0 Å². The van der Waals surface area contributed by atoms with Gasteiger partial charge in [-0.3, -0.25) is 0 Å². The van der Waals surface area contributed by atoms with Crippen LogP contribution in [0.5, 0.6) is 0 Å². The number of benzene rings is 4. The van der Waals surface area contributed by atoms with Crippen LogP contribution >= 0.6 is 6.75 Å². The van der Waals surface area contributed by atoms with Gasteiger partial charge >= 0.3 is 168 Å². The minimum absolute atomic E-state index is 1.35. The Labute approximate surface area is 168 Å². The van der Waals surface area contributed by atoms with E-state index in [9.17, 15) is 0 Å². The Hall–Kier alpha value is -2.73. The molecule has 0 amide bonds. The summed E-state index contributed by atoms with van der Waals surface area (Å²) in [5.41, 5.74) is 0. The summed E-state index contributed by atoms with van der Waals surface area (Å²) in [4.78, 5) is 0. The van der Waals surface area contributed by atoms with Gasteiger partial charge < -0.3 is 0 Å². The fraction of sp³-hybridized carbons (Fsp3) is 0.0769. The van der Waals surface area contributed by atoms with Gasteiger partial charge in [-0.25, -0.2) is 0 Å². The molecule has 0 aliphatic heterocycles. The molecule has 4 aromatic rings. The molecule has 0 fully saturated rings. The Bertz CT molecular complexity index is 859. The molecule has 4 rings (SSSR count). The Kier molecular flexibility index (Phi) is 4.89. The first-order chi connectivity index (χ1) is 13.7. The summed E-state index contributed by atoms with van der Waals surface area (Å²) in [5.74, 6) is 0. The summed E-state index contributed by atoms with van der Waals surface area (Å²) in [6.45, 7) is -3.12. The molecule has 2 heteroatoms. The van der Waals surface area contributed by atoms with Crippen LogP contribution in [0, 0.1) is 0 Å². The van der Waals surface area contributed by atoms with E-state index in [4.69, 9.17) is 0 Å². The van der Waals surface area contributed by atoms with Crippen molar-refractivity contribution in [2.24, 2.45) is 0 Å². The predicted molar refractivity (Wildman–Crippen MR) is 125 cm³/mol. The Morgan fingerprint density at radius 3 is 0.786 bits per heavy atom. The molecule has 0 spiro atoms. The van der Waals surface area contributed by atoms with Gasteiger partial charge in [0.25, 0.3) is 0 Å². The van der Waals surface area contributed by atoms with E-state index >= 15 is 0 Å². The van der Waals surface area contributed by atoms with E-state index in [2.05, 4.69) is 140 Å². The monoisotopic (exact) mass is 383 g/mol. The molecule has 140 valence electrons. The third-order valence-corrected chi connectivity index (χ3v) is 12.7. The molecule has 1 nitrogen and oxygen atoms in total. The summed E-state index contributed by atoms with van der Waals surface area (Å²) in [6, 6.07) is 44.1. The van der Waals surface area contributed by atoms with Crippen molar-refractivity contribution in [2.45, 2.75) is 0 Å². The molecule has 0 aliphatic carbocycles. The number of hydrogen-bond acceptors (Lipinski definition) is 1. The maximum absolute atomic E-state index is 3.12. The van der Waals surface area contributed by atoms with Crippen LogP contribution in [0.15, 0.2) is 121 Å². The van der Waals surface area contributed by atoms with Gasteiger partial charge in [0.05, 0.1) is 0 Å². The summed E-state index contributed by atoms with van der Waals surface area (Å²) in [7, 11) is 4.47. The topological polar surface area (TPSA) is 3.24 Å². The Morgan fingerprint density at radius 2 is 0.607 bits per heavy atom. The zero-order valence-electron chi connectivity index (χ0n) is 16.4. The van der Waals surface area contributed by atoms with Crippen molar-refractivity contribution < 1.29 is 0 Å². The maximum atomic E-state index is 2.49. The van der Waals surface area contributed by atoms with E-state index in [0.717, 1.165) is 0 Å². The van der Waals surface area contributed by atoms with Crippen LogP contribution in [0.25, 0.3) is 0 Å². The Morgan fingerprint density at radius 1 is 0.393 bits per heavy atom. The first kappa shape index (κ1) is 18.6. The van der Waals surface area contributed by atoms with Crippen molar-refractivity contribution in [1.29, 1.82) is 0 Å².